The minimum atomic E-state index is -3.71. The molecule has 2 heterocycles. The van der Waals surface area contributed by atoms with Crippen LogP contribution < -0.4 is 4.72 Å². The molecule has 0 aromatic carbocycles. The molecule has 0 atom stereocenters. The summed E-state index contributed by atoms with van der Waals surface area (Å²) in [5, 5.41) is 3.66. The highest BCUT2D eigenvalue weighted by atomic mass is 35.5. The Kier molecular flexibility index (Phi) is 3.11. The fourth-order valence-corrected chi connectivity index (χ4v) is 3.39. The van der Waals surface area contributed by atoms with Crippen LogP contribution in [0.2, 0.25) is 4.47 Å². The average molecular weight is 294 g/mol. The molecule has 0 unspecified atom stereocenters. The first-order valence-electron chi connectivity index (χ1n) is 4.47. The number of nitrogens with one attached hydrogen (secondary N) is 1. The minimum absolute atomic E-state index is 0.0240. The van der Waals surface area contributed by atoms with Gasteiger partial charge in [0.25, 0.3) is 10.0 Å². The van der Waals surface area contributed by atoms with E-state index in [9.17, 15) is 8.42 Å². The standard InChI is InChI=1S/C8H8ClN3O3S2/c1-4-5(2)11-15-7(4)12-17(13,14)6-3-10-8(9)16-6/h3,12H,1-2H3. The quantitative estimate of drug-likeness (QED) is 0.937. The lowest BCUT2D eigenvalue weighted by Gasteiger charge is -2.01. The Morgan fingerprint density at radius 2 is 2.18 bits per heavy atom. The number of nitrogens with zero attached hydrogens (tertiary/aromatic N) is 2. The fraction of sp³-hybridized carbons (Fsp3) is 0.250. The first-order valence-corrected chi connectivity index (χ1v) is 7.15. The van der Waals surface area contributed by atoms with Crippen molar-refractivity contribution >= 4 is 38.8 Å². The van der Waals surface area contributed by atoms with Crippen LogP contribution in [0.4, 0.5) is 5.88 Å². The van der Waals surface area contributed by atoms with Gasteiger partial charge in [0.1, 0.15) is 0 Å². The maximum absolute atomic E-state index is 11.9. The molecule has 6 nitrogen and oxygen atoms in total. The van der Waals surface area contributed by atoms with Crippen molar-refractivity contribution in [1.29, 1.82) is 0 Å². The minimum Gasteiger partial charge on any atom is -0.337 e. The number of hydrogen-bond acceptors (Lipinski definition) is 6. The molecule has 2 rings (SSSR count). The van der Waals surface area contributed by atoms with Crippen molar-refractivity contribution in [3.05, 3.63) is 21.9 Å². The van der Waals surface area contributed by atoms with Crippen molar-refractivity contribution in [1.82, 2.24) is 10.1 Å². The monoisotopic (exact) mass is 293 g/mol. The molecule has 0 saturated heterocycles. The fourth-order valence-electron chi connectivity index (χ4n) is 1.05. The van der Waals surface area contributed by atoms with Gasteiger partial charge in [-0.3, -0.25) is 0 Å². The second-order valence-corrected chi connectivity index (χ2v) is 6.78. The number of anilines is 1. The van der Waals surface area contributed by atoms with Crippen LogP contribution in [0, 0.1) is 13.8 Å². The number of sulfonamides is 1. The topological polar surface area (TPSA) is 85.1 Å². The number of aromatic nitrogens is 2. The summed E-state index contributed by atoms with van der Waals surface area (Å²) < 4.78 is 31.1. The predicted molar refractivity (Wildman–Crippen MR) is 63.9 cm³/mol. The van der Waals surface area contributed by atoms with Crippen LogP contribution >= 0.6 is 22.9 Å². The van der Waals surface area contributed by atoms with Gasteiger partial charge in [-0.2, -0.15) is 0 Å². The Hall–Kier alpha value is -1.12. The van der Waals surface area contributed by atoms with Crippen LogP contribution in [-0.2, 0) is 10.0 Å². The van der Waals surface area contributed by atoms with Gasteiger partial charge >= 0.3 is 0 Å². The van der Waals surface area contributed by atoms with Crippen molar-refractivity contribution in [2.24, 2.45) is 0 Å². The molecule has 92 valence electrons. The van der Waals surface area contributed by atoms with E-state index in [1.807, 2.05) is 0 Å². The van der Waals surface area contributed by atoms with Gasteiger partial charge in [0.2, 0.25) is 5.88 Å². The smallest absolute Gasteiger partial charge is 0.275 e. The third-order valence-corrected chi connectivity index (χ3v) is 5.01. The molecule has 0 saturated carbocycles. The van der Waals surface area contributed by atoms with Gasteiger partial charge in [0.05, 0.1) is 11.9 Å². The van der Waals surface area contributed by atoms with Crippen LogP contribution in [-0.4, -0.2) is 18.6 Å². The van der Waals surface area contributed by atoms with E-state index >= 15 is 0 Å². The lowest BCUT2D eigenvalue weighted by atomic mass is 10.3. The maximum atomic E-state index is 11.9. The molecule has 2 aromatic rings. The van der Waals surface area contributed by atoms with E-state index < -0.39 is 10.0 Å². The lowest BCUT2D eigenvalue weighted by Crippen LogP contribution is -2.11. The van der Waals surface area contributed by atoms with Crippen LogP contribution in [0.3, 0.4) is 0 Å². The van der Waals surface area contributed by atoms with Crippen molar-refractivity contribution in [2.45, 2.75) is 18.1 Å². The molecule has 9 heteroatoms. The van der Waals surface area contributed by atoms with Crippen LogP contribution in [0.25, 0.3) is 0 Å². The van der Waals surface area contributed by atoms with Crippen LogP contribution in [0.15, 0.2) is 14.9 Å². The Labute approximate surface area is 107 Å². The number of thiazole rings is 1. The third kappa shape index (κ3) is 2.43. The van der Waals surface area contributed by atoms with E-state index in [4.69, 9.17) is 16.1 Å². The lowest BCUT2D eigenvalue weighted by molar-refractivity contribution is 0.430. The Bertz CT molecular complexity index is 647. The van der Waals surface area contributed by atoms with E-state index in [2.05, 4.69) is 14.9 Å². The zero-order chi connectivity index (χ0) is 12.6. The molecule has 0 bridgehead atoms. The van der Waals surface area contributed by atoms with Gasteiger partial charge < -0.3 is 4.52 Å². The number of rotatable bonds is 3. The molecule has 0 aliphatic rings. The van der Waals surface area contributed by atoms with Crippen molar-refractivity contribution in [3.63, 3.8) is 0 Å². The van der Waals surface area contributed by atoms with Crippen molar-refractivity contribution < 1.29 is 12.9 Å². The second kappa shape index (κ2) is 4.28. The number of hydrogen-bond donors (Lipinski definition) is 1. The molecule has 0 aliphatic carbocycles. The SMILES string of the molecule is Cc1noc(NS(=O)(=O)c2cnc(Cl)s2)c1C. The average Bonchev–Trinajstić information content (AvgIpc) is 2.80. The Morgan fingerprint density at radius 3 is 2.65 bits per heavy atom. The highest BCUT2D eigenvalue weighted by Crippen LogP contribution is 2.26. The molecule has 0 radical (unpaired) electrons. The van der Waals surface area contributed by atoms with Gasteiger partial charge in [-0.25, -0.2) is 18.1 Å². The number of halogens is 1. The second-order valence-electron chi connectivity index (χ2n) is 3.26. The summed E-state index contributed by atoms with van der Waals surface area (Å²) in [6, 6.07) is 0. The molecule has 0 aliphatic heterocycles. The first kappa shape index (κ1) is 12.3. The molecular formula is C8H8ClN3O3S2. The third-order valence-electron chi connectivity index (χ3n) is 2.11. The zero-order valence-electron chi connectivity index (χ0n) is 8.89. The van der Waals surface area contributed by atoms with Gasteiger partial charge in [0.15, 0.2) is 8.68 Å². The Balaban J connectivity index is 2.33. The van der Waals surface area contributed by atoms with Crippen LogP contribution in [0.5, 0.6) is 0 Å². The maximum Gasteiger partial charge on any atom is 0.275 e. The van der Waals surface area contributed by atoms with E-state index in [1.165, 1.54) is 6.20 Å². The largest absolute Gasteiger partial charge is 0.337 e. The summed E-state index contributed by atoms with van der Waals surface area (Å²) >= 11 is 6.45. The zero-order valence-corrected chi connectivity index (χ0v) is 11.3. The highest BCUT2D eigenvalue weighted by Gasteiger charge is 2.21. The summed E-state index contributed by atoms with van der Waals surface area (Å²) in [6.45, 7) is 3.43. The summed E-state index contributed by atoms with van der Waals surface area (Å²) in [4.78, 5) is 3.67. The molecule has 17 heavy (non-hydrogen) atoms. The molecule has 0 amide bonds. The van der Waals surface area contributed by atoms with Crippen molar-refractivity contribution in [3.8, 4) is 0 Å². The predicted octanol–water partition coefficient (Wildman–Crippen LogP) is 2.20. The summed E-state index contributed by atoms with van der Waals surface area (Å²) in [5.41, 5.74) is 1.27. The number of aryl methyl sites for hydroxylation is 1. The molecule has 2 aromatic heterocycles. The van der Waals surface area contributed by atoms with Gasteiger partial charge in [0, 0.05) is 5.56 Å². The summed E-state index contributed by atoms with van der Waals surface area (Å²) in [6.07, 6.45) is 1.19. The van der Waals surface area contributed by atoms with E-state index in [0.717, 1.165) is 11.3 Å². The normalized spacial score (nSPS) is 11.7. The van der Waals surface area contributed by atoms with E-state index in [0.29, 0.717) is 11.3 Å². The molecule has 0 fully saturated rings. The molecular weight excluding hydrogens is 286 g/mol. The van der Waals surface area contributed by atoms with E-state index in [1.54, 1.807) is 13.8 Å². The highest BCUT2D eigenvalue weighted by molar-refractivity contribution is 7.94. The molecule has 0 spiro atoms. The Morgan fingerprint density at radius 1 is 1.47 bits per heavy atom. The van der Waals surface area contributed by atoms with Crippen LogP contribution in [0.1, 0.15) is 11.3 Å². The summed E-state index contributed by atoms with van der Waals surface area (Å²) in [7, 11) is -3.71. The summed E-state index contributed by atoms with van der Waals surface area (Å²) in [5.74, 6) is 0.104. The van der Waals surface area contributed by atoms with E-state index in [-0.39, 0.29) is 14.6 Å². The van der Waals surface area contributed by atoms with Gasteiger partial charge in [-0.15, -0.1) is 0 Å². The van der Waals surface area contributed by atoms with Crippen molar-refractivity contribution in [2.75, 3.05) is 4.72 Å². The molecule has 1 N–H and O–H groups in total. The first-order chi connectivity index (χ1) is 7.90. The van der Waals surface area contributed by atoms with Gasteiger partial charge in [-0.1, -0.05) is 28.1 Å². The van der Waals surface area contributed by atoms with Gasteiger partial charge in [-0.05, 0) is 13.8 Å².